The van der Waals surface area contributed by atoms with Crippen LogP contribution in [0.15, 0.2) is 34.3 Å². The van der Waals surface area contributed by atoms with E-state index in [-0.39, 0.29) is 10.3 Å². The van der Waals surface area contributed by atoms with E-state index in [1.165, 1.54) is 25.7 Å². The fourth-order valence-corrected chi connectivity index (χ4v) is 5.02. The maximum absolute atomic E-state index is 12.5. The third kappa shape index (κ3) is 3.51. The van der Waals surface area contributed by atoms with Crippen molar-refractivity contribution in [2.24, 2.45) is 22.9 Å². The van der Waals surface area contributed by atoms with E-state index >= 15 is 0 Å². The number of fused-ring (bicyclic) bond motifs is 2. The van der Waals surface area contributed by atoms with Crippen molar-refractivity contribution in [3.05, 3.63) is 29.8 Å². The molecule has 0 aliphatic heterocycles. The Kier molecular flexibility index (Phi) is 4.49. The van der Waals surface area contributed by atoms with Crippen molar-refractivity contribution in [2.45, 2.75) is 63.7 Å². The summed E-state index contributed by atoms with van der Waals surface area (Å²) in [4.78, 5) is 2.69. The minimum Gasteiger partial charge on any atom is -0.200 e. The molecule has 2 fully saturated rings. The number of benzene rings is 1. The first-order valence-corrected chi connectivity index (χ1v) is 10.3. The zero-order valence-corrected chi connectivity index (χ0v) is 15.9. The molecule has 0 unspecified atom stereocenters. The Balaban J connectivity index is 1.70. The maximum Gasteiger partial charge on any atom is 0.276 e. The SMILES string of the molecule is C/C(=N/NS(=O)(=O)c1ccc(C(C)(C)C)cc1)[C@H]1C[C@@H]2CC[C@@H]1C2. The van der Waals surface area contributed by atoms with Gasteiger partial charge in [-0.2, -0.15) is 13.5 Å². The molecular formula is C19H28N2O2S. The van der Waals surface area contributed by atoms with Crippen LogP contribution in [0.4, 0.5) is 0 Å². The van der Waals surface area contributed by atoms with Crippen molar-refractivity contribution in [3.8, 4) is 0 Å². The Morgan fingerprint density at radius 2 is 1.79 bits per heavy atom. The molecule has 2 aliphatic carbocycles. The average molecular weight is 349 g/mol. The normalized spacial score (nSPS) is 27.5. The Labute approximate surface area is 145 Å². The molecule has 1 aromatic rings. The summed E-state index contributed by atoms with van der Waals surface area (Å²) < 4.78 is 24.9. The Morgan fingerprint density at radius 3 is 2.29 bits per heavy atom. The number of hydrogen-bond acceptors (Lipinski definition) is 3. The van der Waals surface area contributed by atoms with Gasteiger partial charge in [0.1, 0.15) is 0 Å². The molecule has 2 bridgehead atoms. The van der Waals surface area contributed by atoms with Crippen molar-refractivity contribution in [2.75, 3.05) is 0 Å². The molecular weight excluding hydrogens is 320 g/mol. The first-order chi connectivity index (χ1) is 11.2. The summed E-state index contributed by atoms with van der Waals surface area (Å²) in [5.74, 6) is 1.98. The number of sulfonamides is 1. The second-order valence-corrected chi connectivity index (χ2v) is 10.1. The molecule has 132 valence electrons. The van der Waals surface area contributed by atoms with Crippen molar-refractivity contribution >= 4 is 15.7 Å². The van der Waals surface area contributed by atoms with Gasteiger partial charge >= 0.3 is 0 Å². The van der Waals surface area contributed by atoms with Gasteiger partial charge in [0.25, 0.3) is 10.0 Å². The summed E-state index contributed by atoms with van der Waals surface area (Å²) in [5.41, 5.74) is 2.05. The minimum absolute atomic E-state index is 0.00620. The van der Waals surface area contributed by atoms with Crippen LogP contribution in [0.2, 0.25) is 0 Å². The topological polar surface area (TPSA) is 58.5 Å². The summed E-state index contributed by atoms with van der Waals surface area (Å²) in [6.07, 6.45) is 5.06. The van der Waals surface area contributed by atoms with Gasteiger partial charge in [0.2, 0.25) is 0 Å². The van der Waals surface area contributed by atoms with E-state index in [9.17, 15) is 8.42 Å². The van der Waals surface area contributed by atoms with Crippen LogP contribution in [0, 0.1) is 17.8 Å². The first kappa shape index (κ1) is 17.5. The predicted molar refractivity (Wildman–Crippen MR) is 97.5 cm³/mol. The van der Waals surface area contributed by atoms with Crippen LogP contribution in [0.5, 0.6) is 0 Å². The number of hydrogen-bond donors (Lipinski definition) is 1. The lowest BCUT2D eigenvalue weighted by Crippen LogP contribution is -2.25. The molecule has 5 heteroatoms. The molecule has 24 heavy (non-hydrogen) atoms. The zero-order valence-electron chi connectivity index (χ0n) is 15.0. The van der Waals surface area contributed by atoms with E-state index < -0.39 is 10.0 Å². The van der Waals surface area contributed by atoms with Gasteiger partial charge < -0.3 is 0 Å². The Bertz CT molecular complexity index is 730. The quantitative estimate of drug-likeness (QED) is 0.658. The van der Waals surface area contributed by atoms with Crippen LogP contribution in [-0.2, 0) is 15.4 Å². The van der Waals surface area contributed by atoms with E-state index in [4.69, 9.17) is 0 Å². The molecule has 0 aromatic heterocycles. The molecule has 0 amide bonds. The second-order valence-electron chi connectivity index (χ2n) is 8.40. The molecule has 2 aliphatic rings. The van der Waals surface area contributed by atoms with Gasteiger partial charge in [-0.15, -0.1) is 0 Å². The molecule has 2 saturated carbocycles. The third-order valence-electron chi connectivity index (χ3n) is 5.65. The summed E-state index contributed by atoms with van der Waals surface area (Å²) in [5, 5.41) is 4.22. The molecule has 4 nitrogen and oxygen atoms in total. The number of nitrogens with one attached hydrogen (secondary N) is 1. The fraction of sp³-hybridized carbons (Fsp3) is 0.632. The monoisotopic (exact) mass is 348 g/mol. The predicted octanol–water partition coefficient (Wildman–Crippen LogP) is 4.07. The molecule has 0 radical (unpaired) electrons. The second kappa shape index (κ2) is 6.17. The van der Waals surface area contributed by atoms with E-state index in [2.05, 4.69) is 30.7 Å². The van der Waals surface area contributed by atoms with E-state index in [1.54, 1.807) is 12.1 Å². The molecule has 0 heterocycles. The van der Waals surface area contributed by atoms with Crippen molar-refractivity contribution in [1.29, 1.82) is 0 Å². The fourth-order valence-electron chi connectivity index (χ4n) is 4.16. The largest absolute Gasteiger partial charge is 0.276 e. The minimum atomic E-state index is -3.60. The molecule has 1 N–H and O–H groups in total. The van der Waals surface area contributed by atoms with Crippen LogP contribution in [0.3, 0.4) is 0 Å². The van der Waals surface area contributed by atoms with Crippen molar-refractivity contribution < 1.29 is 8.42 Å². The standard InChI is InChI=1S/C19H28N2O2S/c1-13(18-12-14-5-6-15(18)11-14)20-21-24(22,23)17-9-7-16(8-10-17)19(2,3)4/h7-10,14-15,18,21H,5-6,11-12H2,1-4H3/b20-13-/t14-,15-,18-/m1/s1. The summed E-state index contributed by atoms with van der Waals surface area (Å²) in [6, 6.07) is 7.07. The maximum atomic E-state index is 12.5. The smallest absolute Gasteiger partial charge is 0.200 e. The van der Waals surface area contributed by atoms with E-state index in [1.807, 2.05) is 19.1 Å². The molecule has 3 atom stereocenters. The highest BCUT2D eigenvalue weighted by molar-refractivity contribution is 7.89. The van der Waals surface area contributed by atoms with Gasteiger partial charge in [-0.05, 0) is 61.1 Å². The molecule has 0 saturated heterocycles. The van der Waals surface area contributed by atoms with Crippen LogP contribution >= 0.6 is 0 Å². The average Bonchev–Trinajstić information content (AvgIpc) is 3.15. The summed E-state index contributed by atoms with van der Waals surface area (Å²) in [6.45, 7) is 8.28. The van der Waals surface area contributed by atoms with Crippen LogP contribution in [-0.4, -0.2) is 14.1 Å². The lowest BCUT2D eigenvalue weighted by molar-refractivity contribution is 0.413. The number of hydrazone groups is 1. The Hall–Kier alpha value is -1.36. The summed E-state index contributed by atoms with van der Waals surface area (Å²) >= 11 is 0. The molecule has 1 aromatic carbocycles. The van der Waals surface area contributed by atoms with E-state index in [0.717, 1.165) is 17.2 Å². The number of rotatable bonds is 4. The lowest BCUT2D eigenvalue weighted by atomic mass is 9.86. The number of nitrogens with zero attached hydrogens (tertiary/aromatic N) is 1. The highest BCUT2D eigenvalue weighted by atomic mass is 32.2. The Morgan fingerprint density at radius 1 is 1.12 bits per heavy atom. The van der Waals surface area contributed by atoms with Crippen molar-refractivity contribution in [3.63, 3.8) is 0 Å². The third-order valence-corrected chi connectivity index (χ3v) is 6.87. The first-order valence-electron chi connectivity index (χ1n) is 8.83. The van der Waals surface area contributed by atoms with E-state index in [0.29, 0.717) is 11.8 Å². The molecule has 3 rings (SSSR count). The lowest BCUT2D eigenvalue weighted by Gasteiger charge is -2.21. The van der Waals surface area contributed by atoms with Gasteiger partial charge in [0.05, 0.1) is 4.90 Å². The highest BCUT2D eigenvalue weighted by Crippen LogP contribution is 2.48. The van der Waals surface area contributed by atoms with Gasteiger partial charge in [-0.25, -0.2) is 4.83 Å². The summed E-state index contributed by atoms with van der Waals surface area (Å²) in [7, 11) is -3.60. The van der Waals surface area contributed by atoms with Gasteiger partial charge in [0, 0.05) is 11.6 Å². The van der Waals surface area contributed by atoms with Crippen LogP contribution in [0.25, 0.3) is 0 Å². The highest BCUT2D eigenvalue weighted by Gasteiger charge is 2.40. The van der Waals surface area contributed by atoms with Gasteiger partial charge in [0.15, 0.2) is 0 Å². The zero-order chi connectivity index (χ0) is 17.5. The van der Waals surface area contributed by atoms with Crippen molar-refractivity contribution in [1.82, 2.24) is 4.83 Å². The molecule has 0 spiro atoms. The van der Waals surface area contributed by atoms with Gasteiger partial charge in [-0.3, -0.25) is 0 Å². The van der Waals surface area contributed by atoms with Crippen LogP contribution in [0.1, 0.15) is 58.9 Å². The van der Waals surface area contributed by atoms with Gasteiger partial charge in [-0.1, -0.05) is 39.3 Å². The van der Waals surface area contributed by atoms with Crippen LogP contribution < -0.4 is 4.83 Å².